The van der Waals surface area contributed by atoms with Crippen molar-refractivity contribution in [1.82, 2.24) is 0 Å². The molecule has 0 aromatic heterocycles. The highest BCUT2D eigenvalue weighted by atomic mass is 16.6. The number of carbonyl (C=O) groups excluding carboxylic acids is 3. The fourth-order valence-corrected chi connectivity index (χ4v) is 9.94. The molecule has 0 saturated heterocycles. The molecule has 6 nitrogen and oxygen atoms in total. The van der Waals surface area contributed by atoms with E-state index in [-0.39, 0.29) is 31.1 Å². The molecular formula is C77H132O6. The Bertz CT molecular complexity index is 1660. The van der Waals surface area contributed by atoms with E-state index in [4.69, 9.17) is 14.2 Å². The van der Waals surface area contributed by atoms with Gasteiger partial charge in [0.15, 0.2) is 6.10 Å². The molecule has 0 rings (SSSR count). The largest absolute Gasteiger partial charge is 0.462 e. The zero-order valence-electron chi connectivity index (χ0n) is 54.7. The van der Waals surface area contributed by atoms with Crippen molar-refractivity contribution in [2.24, 2.45) is 0 Å². The number of ether oxygens (including phenoxy) is 3. The fourth-order valence-electron chi connectivity index (χ4n) is 9.94. The molecule has 0 bridgehead atoms. The monoisotopic (exact) mass is 1150 g/mol. The fraction of sp³-hybridized carbons (Fsp3) is 0.727. The van der Waals surface area contributed by atoms with E-state index in [1.807, 2.05) is 0 Å². The summed E-state index contributed by atoms with van der Waals surface area (Å²) in [6.07, 6.45) is 96.8. The van der Waals surface area contributed by atoms with Crippen molar-refractivity contribution in [2.45, 2.75) is 348 Å². The van der Waals surface area contributed by atoms with Crippen molar-refractivity contribution >= 4 is 17.9 Å². The highest BCUT2D eigenvalue weighted by Crippen LogP contribution is 2.17. The lowest BCUT2D eigenvalue weighted by molar-refractivity contribution is -0.167. The van der Waals surface area contributed by atoms with Crippen LogP contribution in [-0.4, -0.2) is 37.2 Å². The van der Waals surface area contributed by atoms with Gasteiger partial charge >= 0.3 is 17.9 Å². The van der Waals surface area contributed by atoms with Crippen molar-refractivity contribution < 1.29 is 28.6 Å². The first-order valence-corrected chi connectivity index (χ1v) is 35.4. The van der Waals surface area contributed by atoms with Gasteiger partial charge in [-0.25, -0.2) is 0 Å². The maximum Gasteiger partial charge on any atom is 0.306 e. The summed E-state index contributed by atoms with van der Waals surface area (Å²) in [5.41, 5.74) is 0. The molecular weight excluding hydrogens is 1020 g/mol. The van der Waals surface area contributed by atoms with Crippen LogP contribution in [0.4, 0.5) is 0 Å². The second kappa shape index (κ2) is 70.6. The molecule has 0 amide bonds. The van der Waals surface area contributed by atoms with E-state index in [0.29, 0.717) is 19.3 Å². The van der Waals surface area contributed by atoms with Gasteiger partial charge in [0.2, 0.25) is 0 Å². The molecule has 0 N–H and O–H groups in total. The Hall–Kier alpha value is -3.93. The Labute approximate surface area is 514 Å². The van der Waals surface area contributed by atoms with Crippen molar-refractivity contribution in [2.75, 3.05) is 13.2 Å². The zero-order valence-corrected chi connectivity index (χ0v) is 54.7. The number of esters is 3. The molecule has 0 aromatic carbocycles. The quantitative estimate of drug-likeness (QED) is 0.0261. The third kappa shape index (κ3) is 68.7. The number of rotatable bonds is 64. The molecule has 83 heavy (non-hydrogen) atoms. The van der Waals surface area contributed by atoms with Gasteiger partial charge in [-0.05, 0) is 128 Å². The Balaban J connectivity index is 4.32. The molecule has 6 heteroatoms. The van der Waals surface area contributed by atoms with E-state index in [1.54, 1.807) is 0 Å². The van der Waals surface area contributed by atoms with Crippen LogP contribution in [0.15, 0.2) is 109 Å². The number of hydrogen-bond acceptors (Lipinski definition) is 6. The van der Waals surface area contributed by atoms with Gasteiger partial charge < -0.3 is 14.2 Å². The minimum Gasteiger partial charge on any atom is -0.462 e. The van der Waals surface area contributed by atoms with E-state index < -0.39 is 6.10 Å². The van der Waals surface area contributed by atoms with Crippen molar-refractivity contribution in [3.63, 3.8) is 0 Å². The molecule has 0 spiro atoms. The molecule has 0 aromatic rings. The first-order chi connectivity index (χ1) is 41.0. The van der Waals surface area contributed by atoms with Crippen LogP contribution in [-0.2, 0) is 28.6 Å². The van der Waals surface area contributed by atoms with Crippen LogP contribution in [0.5, 0.6) is 0 Å². The topological polar surface area (TPSA) is 78.9 Å². The van der Waals surface area contributed by atoms with Gasteiger partial charge in [0.05, 0.1) is 0 Å². The average molecular weight is 1150 g/mol. The van der Waals surface area contributed by atoms with Gasteiger partial charge in [-0.1, -0.05) is 304 Å². The number of hydrogen-bond donors (Lipinski definition) is 0. The highest BCUT2D eigenvalue weighted by Gasteiger charge is 2.19. The smallest absolute Gasteiger partial charge is 0.306 e. The molecule has 0 aliphatic carbocycles. The Morgan fingerprint density at radius 1 is 0.253 bits per heavy atom. The number of unbranched alkanes of at least 4 members (excludes halogenated alkanes) is 35. The van der Waals surface area contributed by atoms with E-state index >= 15 is 0 Å². The molecule has 0 aliphatic rings. The van der Waals surface area contributed by atoms with Gasteiger partial charge in [0.1, 0.15) is 13.2 Å². The molecule has 476 valence electrons. The van der Waals surface area contributed by atoms with Crippen LogP contribution in [0.25, 0.3) is 0 Å². The van der Waals surface area contributed by atoms with Gasteiger partial charge in [-0.3, -0.25) is 14.4 Å². The molecule has 0 heterocycles. The minimum absolute atomic E-state index is 0.0845. The lowest BCUT2D eigenvalue weighted by Gasteiger charge is -2.18. The first kappa shape index (κ1) is 79.1. The summed E-state index contributed by atoms with van der Waals surface area (Å²) in [6, 6.07) is 0. The standard InChI is InChI=1S/C77H132O6/c1-4-7-10-13-16-19-22-25-28-31-33-34-35-36-37-38-39-40-41-42-44-46-49-52-55-58-61-64-67-70-76(79)82-73-74(72-81-75(78)69-66-63-60-57-54-51-48-45-30-27-24-21-18-15-12-9-6-3)83-77(80)71-68-65-62-59-56-53-50-47-43-32-29-26-23-20-17-14-11-8-5-2/h7,10,16-21,25-30,33-34,43,47,74H,4-6,8-9,11-15,22-24,31-32,35-42,44-46,48-73H2,1-3H3/b10-7-,19-16-,20-17-,21-18-,28-25-,29-26-,30-27-,34-33-,47-43-. The Kier molecular flexibility index (Phi) is 67.2. The normalized spacial score (nSPS) is 12.8. The van der Waals surface area contributed by atoms with E-state index in [2.05, 4.69) is 130 Å². The summed E-state index contributed by atoms with van der Waals surface area (Å²) < 4.78 is 17.0. The predicted molar refractivity (Wildman–Crippen MR) is 362 cm³/mol. The lowest BCUT2D eigenvalue weighted by atomic mass is 10.0. The van der Waals surface area contributed by atoms with E-state index in [1.165, 1.54) is 180 Å². The molecule has 1 unspecified atom stereocenters. The van der Waals surface area contributed by atoms with Gasteiger partial charge in [-0.15, -0.1) is 0 Å². The number of allylic oxidation sites excluding steroid dienone is 18. The SMILES string of the molecule is CC/C=C\C/C=C\C/C=C\C/C=C\CCCCCCCCCCCCCCCCCCC(=O)OCC(COC(=O)CCCCCCCCC/C=C\C/C=C\CCCCC)OC(=O)CCCCCCCC/C=C\C/C=C\C/C=C\CCCCC. The summed E-state index contributed by atoms with van der Waals surface area (Å²) in [5, 5.41) is 0. The van der Waals surface area contributed by atoms with Gasteiger partial charge in [0, 0.05) is 19.3 Å². The Morgan fingerprint density at radius 3 is 0.735 bits per heavy atom. The Morgan fingerprint density at radius 2 is 0.470 bits per heavy atom. The summed E-state index contributed by atoms with van der Waals surface area (Å²) in [6.45, 7) is 6.50. The van der Waals surface area contributed by atoms with E-state index in [9.17, 15) is 14.4 Å². The lowest BCUT2D eigenvalue weighted by Crippen LogP contribution is -2.30. The molecule has 0 aliphatic heterocycles. The van der Waals surface area contributed by atoms with Crippen LogP contribution in [0.3, 0.4) is 0 Å². The van der Waals surface area contributed by atoms with Crippen LogP contribution in [0.2, 0.25) is 0 Å². The van der Waals surface area contributed by atoms with Crippen molar-refractivity contribution in [3.8, 4) is 0 Å². The molecule has 0 radical (unpaired) electrons. The van der Waals surface area contributed by atoms with Gasteiger partial charge in [0.25, 0.3) is 0 Å². The molecule has 0 fully saturated rings. The summed E-state index contributed by atoms with van der Waals surface area (Å²) in [7, 11) is 0. The van der Waals surface area contributed by atoms with Crippen LogP contribution in [0, 0.1) is 0 Å². The summed E-state index contributed by atoms with van der Waals surface area (Å²) in [4.78, 5) is 38.5. The third-order valence-corrected chi connectivity index (χ3v) is 15.2. The average Bonchev–Trinajstić information content (AvgIpc) is 3.49. The summed E-state index contributed by atoms with van der Waals surface area (Å²) in [5.74, 6) is -0.891. The maximum absolute atomic E-state index is 13.0. The zero-order chi connectivity index (χ0) is 59.9. The van der Waals surface area contributed by atoms with Crippen LogP contribution >= 0.6 is 0 Å². The van der Waals surface area contributed by atoms with Gasteiger partial charge in [-0.2, -0.15) is 0 Å². The van der Waals surface area contributed by atoms with Crippen molar-refractivity contribution in [1.29, 1.82) is 0 Å². The second-order valence-electron chi connectivity index (χ2n) is 23.4. The second-order valence-corrected chi connectivity index (χ2v) is 23.4. The molecule has 0 saturated carbocycles. The summed E-state index contributed by atoms with van der Waals surface area (Å²) >= 11 is 0. The first-order valence-electron chi connectivity index (χ1n) is 35.4. The van der Waals surface area contributed by atoms with E-state index in [0.717, 1.165) is 122 Å². The van der Waals surface area contributed by atoms with Crippen LogP contribution in [0.1, 0.15) is 342 Å². The minimum atomic E-state index is -0.791. The van der Waals surface area contributed by atoms with Crippen LogP contribution < -0.4 is 0 Å². The number of carbonyl (C=O) groups is 3. The van der Waals surface area contributed by atoms with Crippen molar-refractivity contribution in [3.05, 3.63) is 109 Å². The molecule has 1 atom stereocenters. The highest BCUT2D eigenvalue weighted by molar-refractivity contribution is 5.71. The predicted octanol–water partition coefficient (Wildman–Crippen LogP) is 24.6. The maximum atomic E-state index is 13.0. The third-order valence-electron chi connectivity index (χ3n) is 15.2.